The van der Waals surface area contributed by atoms with Crippen LogP contribution in [0.3, 0.4) is 0 Å². The molecule has 5 atom stereocenters. The summed E-state index contributed by atoms with van der Waals surface area (Å²) in [6.45, 7) is 1.25. The summed E-state index contributed by atoms with van der Waals surface area (Å²) >= 11 is 0. The minimum absolute atomic E-state index is 0.0389. The SMILES string of the molecule is Cc1nc([C@@H]2O[C@H](CO)[C@H](O)[C@H](n3cc(-c4cc(F)c(F)c(F)c4)nn3)[C@H]2O)n(-c2cc(F)ccc2C(C)(F)F)n1. The molecule has 0 saturated carbocycles. The van der Waals surface area contributed by atoms with Crippen molar-refractivity contribution in [2.24, 2.45) is 0 Å². The van der Waals surface area contributed by atoms with Crippen molar-refractivity contribution in [3.8, 4) is 16.9 Å². The predicted octanol–water partition coefficient (Wildman–Crippen LogP) is 2.90. The zero-order valence-electron chi connectivity index (χ0n) is 21.3. The van der Waals surface area contributed by atoms with Gasteiger partial charge < -0.3 is 20.1 Å². The molecule has 1 fully saturated rings. The third-order valence-electron chi connectivity index (χ3n) is 6.64. The molecule has 0 unspecified atom stereocenters. The van der Waals surface area contributed by atoms with Crippen LogP contribution in [0.15, 0.2) is 36.5 Å². The molecular formula is C25H22F6N6O4. The van der Waals surface area contributed by atoms with Gasteiger partial charge in [-0.1, -0.05) is 5.21 Å². The standard InChI is InChI=1S/C25H22F6N6O4/c1-10-32-24(37(34-10)17-7-12(26)3-4-13(17)25(2,30)31)23-22(40)20(21(39)18(9-38)41-23)36-8-16(33-35-36)11-5-14(27)19(29)15(28)6-11/h3-8,18,20-23,38-40H,9H2,1-2H3/t18-,20+,21+,22-,23-/m1/s1. The minimum atomic E-state index is -3.44. The predicted molar refractivity (Wildman–Crippen MR) is 127 cm³/mol. The molecule has 16 heteroatoms. The molecule has 0 radical (unpaired) electrons. The van der Waals surface area contributed by atoms with Gasteiger partial charge in [0.2, 0.25) is 0 Å². The van der Waals surface area contributed by atoms with Crippen molar-refractivity contribution >= 4 is 0 Å². The van der Waals surface area contributed by atoms with Crippen molar-refractivity contribution in [1.29, 1.82) is 0 Å². The summed E-state index contributed by atoms with van der Waals surface area (Å²) < 4.78 is 91.6. The van der Waals surface area contributed by atoms with E-state index in [9.17, 15) is 41.7 Å². The number of aromatic nitrogens is 6. The Morgan fingerprint density at radius 3 is 2.34 bits per heavy atom. The highest BCUT2D eigenvalue weighted by Crippen LogP contribution is 2.40. The van der Waals surface area contributed by atoms with Gasteiger partial charge in [-0.25, -0.2) is 40.7 Å². The fourth-order valence-electron chi connectivity index (χ4n) is 4.73. The first-order valence-electron chi connectivity index (χ1n) is 12.1. The molecule has 4 aromatic rings. The lowest BCUT2D eigenvalue weighted by molar-refractivity contribution is -0.210. The van der Waals surface area contributed by atoms with Crippen LogP contribution in [0.1, 0.15) is 36.3 Å². The van der Waals surface area contributed by atoms with Gasteiger partial charge in [-0.15, -0.1) is 5.10 Å². The Bertz CT molecular complexity index is 1570. The number of aryl methyl sites for hydroxylation is 1. The smallest absolute Gasteiger partial charge is 0.272 e. The number of aliphatic hydroxyl groups is 3. The molecule has 1 aliphatic heterocycles. The molecule has 3 N–H and O–H groups in total. The van der Waals surface area contributed by atoms with Gasteiger partial charge in [0.25, 0.3) is 5.92 Å². The Balaban J connectivity index is 1.58. The van der Waals surface area contributed by atoms with E-state index in [4.69, 9.17) is 4.74 Å². The van der Waals surface area contributed by atoms with E-state index in [1.807, 2.05) is 0 Å². The van der Waals surface area contributed by atoms with Gasteiger partial charge in [0.05, 0.1) is 18.5 Å². The maximum Gasteiger partial charge on any atom is 0.272 e. The topological polar surface area (TPSA) is 131 Å². The summed E-state index contributed by atoms with van der Waals surface area (Å²) in [5.74, 6) is -9.17. The normalized spacial score (nSPS) is 23.2. The first-order chi connectivity index (χ1) is 19.3. The average molecular weight is 584 g/mol. The van der Waals surface area contributed by atoms with Gasteiger partial charge >= 0.3 is 0 Å². The highest BCUT2D eigenvalue weighted by molar-refractivity contribution is 5.58. The van der Waals surface area contributed by atoms with Gasteiger partial charge in [0.1, 0.15) is 47.8 Å². The van der Waals surface area contributed by atoms with E-state index >= 15 is 0 Å². The lowest BCUT2D eigenvalue weighted by Crippen LogP contribution is -2.53. The Labute approximate surface area is 227 Å². The molecule has 0 spiro atoms. The first-order valence-corrected chi connectivity index (χ1v) is 12.1. The van der Waals surface area contributed by atoms with E-state index in [0.29, 0.717) is 19.1 Å². The number of benzene rings is 2. The molecule has 2 aromatic heterocycles. The van der Waals surface area contributed by atoms with Crippen molar-refractivity contribution in [2.75, 3.05) is 6.61 Å². The molecule has 0 aliphatic carbocycles. The van der Waals surface area contributed by atoms with E-state index in [1.54, 1.807) is 0 Å². The van der Waals surface area contributed by atoms with E-state index in [0.717, 1.165) is 33.8 Å². The second kappa shape index (κ2) is 10.5. The van der Waals surface area contributed by atoms with Crippen molar-refractivity contribution < 1.29 is 46.4 Å². The molecular weight excluding hydrogens is 562 g/mol. The summed E-state index contributed by atoms with van der Waals surface area (Å²) in [4.78, 5) is 4.19. The van der Waals surface area contributed by atoms with Gasteiger partial charge in [0.15, 0.2) is 23.3 Å². The number of ether oxygens (including phenoxy) is 1. The fraction of sp³-hybridized carbons (Fsp3) is 0.360. The number of hydrogen-bond acceptors (Lipinski definition) is 8. The molecule has 10 nitrogen and oxygen atoms in total. The van der Waals surface area contributed by atoms with Crippen molar-refractivity contribution in [1.82, 2.24) is 29.8 Å². The molecule has 1 saturated heterocycles. The monoisotopic (exact) mass is 584 g/mol. The number of halogens is 6. The van der Waals surface area contributed by atoms with Crippen LogP contribution in [-0.2, 0) is 10.7 Å². The largest absolute Gasteiger partial charge is 0.394 e. The first kappa shape index (κ1) is 28.7. The number of aliphatic hydroxyl groups excluding tert-OH is 3. The zero-order chi connectivity index (χ0) is 29.8. The number of hydrogen-bond donors (Lipinski definition) is 3. The Morgan fingerprint density at radius 1 is 1.02 bits per heavy atom. The second-order valence-electron chi connectivity index (χ2n) is 9.57. The number of alkyl halides is 2. The Hall–Kier alpha value is -3.86. The summed E-state index contributed by atoms with van der Waals surface area (Å²) in [6.07, 6.45) is -5.21. The second-order valence-corrected chi connectivity index (χ2v) is 9.57. The summed E-state index contributed by atoms with van der Waals surface area (Å²) in [7, 11) is 0. The third kappa shape index (κ3) is 5.18. The van der Waals surface area contributed by atoms with Crippen LogP contribution in [-0.4, -0.2) is 70.0 Å². The molecule has 1 aliphatic rings. The lowest BCUT2D eigenvalue weighted by Gasteiger charge is -2.41. The van der Waals surface area contributed by atoms with Crippen molar-refractivity contribution in [3.63, 3.8) is 0 Å². The van der Waals surface area contributed by atoms with Crippen molar-refractivity contribution in [3.05, 3.63) is 77.0 Å². The average Bonchev–Trinajstić information content (AvgIpc) is 3.53. The van der Waals surface area contributed by atoms with Gasteiger partial charge in [0, 0.05) is 24.1 Å². The maximum atomic E-state index is 14.4. The molecule has 2 aromatic carbocycles. The van der Waals surface area contributed by atoms with Crippen LogP contribution in [0.5, 0.6) is 0 Å². The quantitative estimate of drug-likeness (QED) is 0.233. The third-order valence-corrected chi connectivity index (χ3v) is 6.64. The van der Waals surface area contributed by atoms with Crippen LogP contribution in [0.4, 0.5) is 26.3 Å². The molecule has 41 heavy (non-hydrogen) atoms. The molecule has 5 rings (SSSR count). The summed E-state index contributed by atoms with van der Waals surface area (Å²) in [5.41, 5.74) is -1.35. The van der Waals surface area contributed by atoms with E-state index in [2.05, 4.69) is 20.4 Å². The Morgan fingerprint density at radius 2 is 1.71 bits per heavy atom. The summed E-state index contributed by atoms with van der Waals surface area (Å²) in [5, 5.41) is 43.9. The lowest BCUT2D eigenvalue weighted by atomic mass is 9.92. The van der Waals surface area contributed by atoms with Gasteiger partial charge in [-0.2, -0.15) is 5.10 Å². The van der Waals surface area contributed by atoms with Crippen LogP contribution in [0.25, 0.3) is 16.9 Å². The molecule has 3 heterocycles. The van der Waals surface area contributed by atoms with Crippen molar-refractivity contribution in [2.45, 2.75) is 50.2 Å². The van der Waals surface area contributed by atoms with E-state index in [-0.39, 0.29) is 22.9 Å². The number of rotatable bonds is 6. The molecule has 0 bridgehead atoms. The minimum Gasteiger partial charge on any atom is -0.394 e. The van der Waals surface area contributed by atoms with E-state index in [1.165, 1.54) is 6.92 Å². The van der Waals surface area contributed by atoms with Crippen LogP contribution < -0.4 is 0 Å². The molecule has 218 valence electrons. The number of nitrogens with zero attached hydrogens (tertiary/aromatic N) is 6. The molecule has 0 amide bonds. The van der Waals surface area contributed by atoms with Crippen LogP contribution in [0, 0.1) is 30.2 Å². The maximum absolute atomic E-state index is 14.4. The zero-order valence-corrected chi connectivity index (χ0v) is 21.3. The van der Waals surface area contributed by atoms with Crippen LogP contribution >= 0.6 is 0 Å². The highest BCUT2D eigenvalue weighted by Gasteiger charge is 2.48. The van der Waals surface area contributed by atoms with E-state index < -0.39 is 77.5 Å². The fourth-order valence-corrected chi connectivity index (χ4v) is 4.73. The van der Waals surface area contributed by atoms with Gasteiger partial charge in [-0.05, 0) is 31.2 Å². The van der Waals surface area contributed by atoms with Crippen LogP contribution in [0.2, 0.25) is 0 Å². The Kier molecular flexibility index (Phi) is 7.35. The van der Waals surface area contributed by atoms with Gasteiger partial charge in [-0.3, -0.25) is 0 Å². The summed E-state index contributed by atoms with van der Waals surface area (Å²) in [6, 6.07) is 2.45. The highest BCUT2D eigenvalue weighted by atomic mass is 19.3.